The molecule has 0 heterocycles. The first-order valence-electron chi connectivity index (χ1n) is 5.76. The fourth-order valence-electron chi connectivity index (χ4n) is 1.68. The molecule has 0 aromatic heterocycles. The summed E-state index contributed by atoms with van der Waals surface area (Å²) in [4.78, 5) is 0. The molecule has 0 amide bonds. The number of nitrogens with zero attached hydrogens (tertiary/aromatic N) is 2. The van der Waals surface area contributed by atoms with E-state index in [0.717, 1.165) is 5.56 Å². The number of benzene rings is 2. The van der Waals surface area contributed by atoms with E-state index >= 15 is 0 Å². The number of rotatable bonds is 3. The predicted molar refractivity (Wildman–Crippen MR) is 79.7 cm³/mol. The second kappa shape index (κ2) is 6.30. The zero-order valence-corrected chi connectivity index (χ0v) is 11.8. The molecule has 0 unspecified atom stereocenters. The van der Waals surface area contributed by atoms with Gasteiger partial charge in [0.1, 0.15) is 0 Å². The van der Waals surface area contributed by atoms with Crippen LogP contribution < -0.4 is 5.32 Å². The topological polar surface area (TPSA) is 59.6 Å². The summed E-state index contributed by atoms with van der Waals surface area (Å²) in [5.74, 6) is 0. The first kappa shape index (κ1) is 14.2. The predicted octanol–water partition coefficient (Wildman–Crippen LogP) is 4.35. The van der Waals surface area contributed by atoms with Gasteiger partial charge in [0, 0.05) is 11.6 Å². The van der Waals surface area contributed by atoms with E-state index in [2.05, 4.69) is 11.4 Å². The number of halogens is 2. The largest absolute Gasteiger partial charge is 0.380 e. The Balaban J connectivity index is 2.17. The lowest BCUT2D eigenvalue weighted by Crippen LogP contribution is -2.01. The average molecular weight is 302 g/mol. The third kappa shape index (κ3) is 3.22. The van der Waals surface area contributed by atoms with Crippen molar-refractivity contribution in [1.29, 1.82) is 10.5 Å². The van der Waals surface area contributed by atoms with Crippen molar-refractivity contribution in [2.45, 2.75) is 6.54 Å². The monoisotopic (exact) mass is 301 g/mol. The lowest BCUT2D eigenvalue weighted by atomic mass is 10.1. The van der Waals surface area contributed by atoms with Gasteiger partial charge < -0.3 is 5.32 Å². The number of hydrogen-bond donors (Lipinski definition) is 1. The van der Waals surface area contributed by atoms with E-state index in [4.69, 9.17) is 33.7 Å². The Labute approximate surface area is 127 Å². The molecule has 0 aliphatic heterocycles. The Morgan fingerprint density at radius 3 is 2.20 bits per heavy atom. The smallest absolute Gasteiger partial charge is 0.0992 e. The molecule has 0 fully saturated rings. The van der Waals surface area contributed by atoms with Gasteiger partial charge in [-0.1, -0.05) is 29.3 Å². The third-order valence-electron chi connectivity index (χ3n) is 2.75. The van der Waals surface area contributed by atoms with Gasteiger partial charge in [0.05, 0.1) is 34.0 Å². The summed E-state index contributed by atoms with van der Waals surface area (Å²) in [5.41, 5.74) is 2.57. The average Bonchev–Trinajstić information content (AvgIpc) is 2.47. The Bertz CT molecular complexity index is 727. The van der Waals surface area contributed by atoms with Gasteiger partial charge in [0.25, 0.3) is 0 Å². The summed E-state index contributed by atoms with van der Waals surface area (Å²) in [6.07, 6.45) is 0. The Kier molecular flexibility index (Phi) is 4.48. The van der Waals surface area contributed by atoms with Crippen LogP contribution in [0.3, 0.4) is 0 Å². The van der Waals surface area contributed by atoms with Gasteiger partial charge in [0.2, 0.25) is 0 Å². The second-order valence-electron chi connectivity index (χ2n) is 4.08. The van der Waals surface area contributed by atoms with Gasteiger partial charge >= 0.3 is 0 Å². The lowest BCUT2D eigenvalue weighted by Gasteiger charge is -2.10. The van der Waals surface area contributed by atoms with E-state index in [0.29, 0.717) is 33.4 Å². The van der Waals surface area contributed by atoms with E-state index in [1.165, 1.54) is 0 Å². The van der Waals surface area contributed by atoms with E-state index in [-0.39, 0.29) is 0 Å². The Morgan fingerprint density at radius 2 is 1.55 bits per heavy atom. The van der Waals surface area contributed by atoms with Gasteiger partial charge in [-0.3, -0.25) is 0 Å². The molecule has 0 bridgehead atoms. The number of nitriles is 2. The first-order valence-corrected chi connectivity index (χ1v) is 6.51. The molecule has 1 N–H and O–H groups in total. The van der Waals surface area contributed by atoms with E-state index in [9.17, 15) is 0 Å². The minimum absolute atomic E-state index is 0.457. The van der Waals surface area contributed by atoms with Gasteiger partial charge in [-0.2, -0.15) is 10.5 Å². The van der Waals surface area contributed by atoms with Crippen molar-refractivity contribution in [3.05, 3.63) is 63.1 Å². The molecule has 20 heavy (non-hydrogen) atoms. The van der Waals surface area contributed by atoms with E-state index in [1.54, 1.807) is 36.4 Å². The summed E-state index contributed by atoms with van der Waals surface area (Å²) in [7, 11) is 0. The van der Waals surface area contributed by atoms with Crippen LogP contribution in [-0.2, 0) is 6.54 Å². The van der Waals surface area contributed by atoms with Gasteiger partial charge in [0.15, 0.2) is 0 Å². The first-order chi connectivity index (χ1) is 9.63. The minimum atomic E-state index is 0.457. The number of anilines is 1. The zero-order valence-electron chi connectivity index (χ0n) is 10.3. The SMILES string of the molecule is N#Cc1ccc(CNc2cc(C#N)ccc2Cl)c(Cl)c1. The molecule has 0 atom stereocenters. The summed E-state index contributed by atoms with van der Waals surface area (Å²) >= 11 is 12.2. The van der Waals surface area contributed by atoms with Crippen LogP contribution in [0.2, 0.25) is 10.0 Å². The normalized spacial score (nSPS) is 9.60. The van der Waals surface area contributed by atoms with Crippen LogP contribution in [0.4, 0.5) is 5.69 Å². The zero-order chi connectivity index (χ0) is 14.5. The van der Waals surface area contributed by atoms with Crippen molar-refractivity contribution < 1.29 is 0 Å². The molecule has 98 valence electrons. The summed E-state index contributed by atoms with van der Waals surface area (Å²) in [5, 5.41) is 21.8. The van der Waals surface area contributed by atoms with Crippen molar-refractivity contribution in [1.82, 2.24) is 0 Å². The third-order valence-corrected chi connectivity index (χ3v) is 3.43. The highest BCUT2D eigenvalue weighted by molar-refractivity contribution is 6.33. The van der Waals surface area contributed by atoms with Crippen LogP contribution >= 0.6 is 23.2 Å². The molecule has 2 aromatic carbocycles. The molecular formula is C15H9Cl2N3. The van der Waals surface area contributed by atoms with Crippen LogP contribution in [0, 0.1) is 22.7 Å². The maximum absolute atomic E-state index is 8.87. The molecule has 0 saturated carbocycles. The van der Waals surface area contributed by atoms with Crippen LogP contribution in [0.25, 0.3) is 0 Å². The highest BCUT2D eigenvalue weighted by Gasteiger charge is 2.05. The highest BCUT2D eigenvalue weighted by Crippen LogP contribution is 2.25. The summed E-state index contributed by atoms with van der Waals surface area (Å²) in [6.45, 7) is 0.457. The molecule has 5 heteroatoms. The molecule has 0 aliphatic carbocycles. The standard InChI is InChI=1S/C15H9Cl2N3/c16-13-4-2-11(8-19)6-15(13)20-9-12-3-1-10(7-18)5-14(12)17/h1-6,20H,9H2. The van der Waals surface area contributed by atoms with Crippen molar-refractivity contribution in [3.8, 4) is 12.1 Å². The molecule has 2 aromatic rings. The second-order valence-corrected chi connectivity index (χ2v) is 4.89. The van der Waals surface area contributed by atoms with Crippen molar-refractivity contribution in [2.24, 2.45) is 0 Å². The Morgan fingerprint density at radius 1 is 0.900 bits per heavy atom. The van der Waals surface area contributed by atoms with Crippen LogP contribution in [-0.4, -0.2) is 0 Å². The molecular weight excluding hydrogens is 293 g/mol. The molecule has 0 radical (unpaired) electrons. The van der Waals surface area contributed by atoms with Crippen LogP contribution in [0.5, 0.6) is 0 Å². The van der Waals surface area contributed by atoms with E-state index < -0.39 is 0 Å². The summed E-state index contributed by atoms with van der Waals surface area (Å²) in [6, 6.07) is 14.2. The highest BCUT2D eigenvalue weighted by atomic mass is 35.5. The van der Waals surface area contributed by atoms with Crippen LogP contribution in [0.15, 0.2) is 36.4 Å². The fraction of sp³-hybridized carbons (Fsp3) is 0.0667. The quantitative estimate of drug-likeness (QED) is 0.917. The molecule has 2 rings (SSSR count). The molecule has 0 spiro atoms. The maximum atomic E-state index is 8.87. The fourth-order valence-corrected chi connectivity index (χ4v) is 2.11. The number of nitrogens with one attached hydrogen (secondary N) is 1. The maximum Gasteiger partial charge on any atom is 0.0992 e. The van der Waals surface area contributed by atoms with E-state index in [1.807, 2.05) is 6.07 Å². The van der Waals surface area contributed by atoms with Crippen LogP contribution in [0.1, 0.15) is 16.7 Å². The Hall–Kier alpha value is -2.20. The molecule has 0 aliphatic rings. The molecule has 3 nitrogen and oxygen atoms in total. The summed E-state index contributed by atoms with van der Waals surface area (Å²) < 4.78 is 0. The van der Waals surface area contributed by atoms with Crippen molar-refractivity contribution in [3.63, 3.8) is 0 Å². The van der Waals surface area contributed by atoms with Gasteiger partial charge in [-0.25, -0.2) is 0 Å². The lowest BCUT2D eigenvalue weighted by molar-refractivity contribution is 1.15. The number of hydrogen-bond acceptors (Lipinski definition) is 3. The van der Waals surface area contributed by atoms with Gasteiger partial charge in [-0.15, -0.1) is 0 Å². The van der Waals surface area contributed by atoms with Crippen molar-refractivity contribution >= 4 is 28.9 Å². The van der Waals surface area contributed by atoms with Gasteiger partial charge in [-0.05, 0) is 35.9 Å². The minimum Gasteiger partial charge on any atom is -0.380 e. The van der Waals surface area contributed by atoms with Crippen molar-refractivity contribution in [2.75, 3.05) is 5.32 Å². The molecule has 0 saturated heterocycles.